The Bertz CT molecular complexity index is 1010. The number of aromatic nitrogens is 1. The largest absolute Gasteiger partial charge is 0.867 e. The van der Waals surface area contributed by atoms with Crippen molar-refractivity contribution in [2.24, 2.45) is 0 Å². The Labute approximate surface area is 149 Å². The minimum Gasteiger partial charge on any atom is -0.867 e. The van der Waals surface area contributed by atoms with Gasteiger partial charge in [-0.3, -0.25) is 10.1 Å². The monoisotopic (exact) mass is 351 g/mol. The summed E-state index contributed by atoms with van der Waals surface area (Å²) in [5, 5.41) is 24.2. The Kier molecular flexibility index (Phi) is 4.70. The SMILES string of the molecule is COc1cc(/C=C/c2ccc3cccc(OC)c3n2)c([O-])c([N+](=O)[O-])c1. The fraction of sp³-hybridized carbons (Fsp3) is 0.105. The molecule has 0 bridgehead atoms. The van der Waals surface area contributed by atoms with Gasteiger partial charge in [-0.25, -0.2) is 4.98 Å². The van der Waals surface area contributed by atoms with Crippen molar-refractivity contribution in [2.45, 2.75) is 0 Å². The van der Waals surface area contributed by atoms with Crippen LogP contribution in [0.25, 0.3) is 23.1 Å². The van der Waals surface area contributed by atoms with Crippen LogP contribution >= 0.6 is 0 Å². The van der Waals surface area contributed by atoms with E-state index in [1.807, 2.05) is 24.3 Å². The number of nitro groups is 1. The molecule has 3 rings (SSSR count). The lowest BCUT2D eigenvalue weighted by Crippen LogP contribution is -2.01. The first-order valence-corrected chi connectivity index (χ1v) is 7.68. The molecule has 1 heterocycles. The second-order valence-electron chi connectivity index (χ2n) is 5.42. The van der Waals surface area contributed by atoms with E-state index in [-0.39, 0.29) is 11.3 Å². The number of pyridine rings is 1. The van der Waals surface area contributed by atoms with Gasteiger partial charge in [-0.2, -0.15) is 0 Å². The van der Waals surface area contributed by atoms with E-state index in [9.17, 15) is 15.2 Å². The minimum atomic E-state index is -0.721. The van der Waals surface area contributed by atoms with Crippen molar-refractivity contribution in [3.8, 4) is 17.2 Å². The maximum Gasteiger partial charge on any atom is 0.266 e. The summed E-state index contributed by atoms with van der Waals surface area (Å²) in [6, 6.07) is 11.8. The van der Waals surface area contributed by atoms with Crippen molar-refractivity contribution >= 4 is 28.7 Å². The molecule has 0 saturated heterocycles. The van der Waals surface area contributed by atoms with E-state index in [2.05, 4.69) is 4.98 Å². The zero-order valence-corrected chi connectivity index (χ0v) is 14.1. The van der Waals surface area contributed by atoms with Crippen LogP contribution in [0.3, 0.4) is 0 Å². The molecule has 0 amide bonds. The first-order chi connectivity index (χ1) is 12.5. The van der Waals surface area contributed by atoms with E-state index in [4.69, 9.17) is 9.47 Å². The van der Waals surface area contributed by atoms with E-state index in [1.165, 1.54) is 19.3 Å². The molecule has 0 atom stereocenters. The standard InChI is InChI=1S/C19H16N2O5/c1-25-15-10-13(19(22)16(11-15)21(23)24)7-9-14-8-6-12-4-3-5-17(26-2)18(12)20-14/h3-11,22H,1-2H3/p-1/b9-7+. The summed E-state index contributed by atoms with van der Waals surface area (Å²) < 4.78 is 10.3. The second-order valence-corrected chi connectivity index (χ2v) is 5.42. The predicted molar refractivity (Wildman–Crippen MR) is 96.3 cm³/mol. The topological polar surface area (TPSA) is 97.5 Å². The summed E-state index contributed by atoms with van der Waals surface area (Å²) in [4.78, 5) is 14.8. The van der Waals surface area contributed by atoms with Crippen molar-refractivity contribution in [1.82, 2.24) is 4.98 Å². The second kappa shape index (κ2) is 7.10. The summed E-state index contributed by atoms with van der Waals surface area (Å²) in [6.07, 6.45) is 3.10. The van der Waals surface area contributed by atoms with Crippen LogP contribution in [0.5, 0.6) is 17.2 Å². The maximum atomic E-state index is 12.2. The van der Waals surface area contributed by atoms with Gasteiger partial charge in [-0.15, -0.1) is 0 Å². The van der Waals surface area contributed by atoms with E-state index in [0.717, 1.165) is 11.5 Å². The summed E-state index contributed by atoms with van der Waals surface area (Å²) in [5.74, 6) is 0.203. The summed E-state index contributed by atoms with van der Waals surface area (Å²) in [7, 11) is 2.95. The molecule has 0 N–H and O–H groups in total. The summed E-state index contributed by atoms with van der Waals surface area (Å²) in [5.41, 5.74) is 0.901. The van der Waals surface area contributed by atoms with Crippen LogP contribution in [0.15, 0.2) is 42.5 Å². The number of benzene rings is 2. The molecule has 0 unspecified atom stereocenters. The quantitative estimate of drug-likeness (QED) is 0.516. The number of fused-ring (bicyclic) bond motifs is 1. The average Bonchev–Trinajstić information content (AvgIpc) is 2.66. The molecule has 2 aromatic carbocycles. The van der Waals surface area contributed by atoms with Crippen molar-refractivity contribution in [1.29, 1.82) is 0 Å². The smallest absolute Gasteiger partial charge is 0.266 e. The molecule has 7 nitrogen and oxygen atoms in total. The molecule has 132 valence electrons. The van der Waals surface area contributed by atoms with Crippen molar-refractivity contribution < 1.29 is 19.5 Å². The highest BCUT2D eigenvalue weighted by Gasteiger charge is 2.12. The van der Waals surface area contributed by atoms with Crippen LogP contribution in [0, 0.1) is 10.1 Å². The Balaban J connectivity index is 2.03. The van der Waals surface area contributed by atoms with Gasteiger partial charge in [0.05, 0.1) is 30.9 Å². The lowest BCUT2D eigenvalue weighted by Gasteiger charge is -2.12. The third kappa shape index (κ3) is 3.27. The fourth-order valence-corrected chi connectivity index (χ4v) is 2.55. The lowest BCUT2D eigenvalue weighted by molar-refractivity contribution is -0.398. The van der Waals surface area contributed by atoms with E-state index in [0.29, 0.717) is 17.0 Å². The van der Waals surface area contributed by atoms with Crippen LogP contribution in [0.4, 0.5) is 5.69 Å². The molecule has 1 aromatic heterocycles. The first-order valence-electron chi connectivity index (χ1n) is 7.68. The zero-order chi connectivity index (χ0) is 18.7. The van der Waals surface area contributed by atoms with E-state index in [1.54, 1.807) is 19.3 Å². The zero-order valence-electron chi connectivity index (χ0n) is 14.1. The van der Waals surface area contributed by atoms with Gasteiger partial charge in [0, 0.05) is 5.39 Å². The molecule has 0 aliphatic rings. The van der Waals surface area contributed by atoms with Gasteiger partial charge in [-0.1, -0.05) is 24.3 Å². The fourth-order valence-electron chi connectivity index (χ4n) is 2.55. The van der Waals surface area contributed by atoms with Gasteiger partial charge in [0.25, 0.3) is 5.69 Å². The van der Waals surface area contributed by atoms with E-state index >= 15 is 0 Å². The molecule has 0 spiro atoms. The highest BCUT2D eigenvalue weighted by atomic mass is 16.6. The summed E-state index contributed by atoms with van der Waals surface area (Å²) in [6.45, 7) is 0. The van der Waals surface area contributed by atoms with Crippen LogP contribution in [-0.2, 0) is 0 Å². The van der Waals surface area contributed by atoms with Crippen LogP contribution < -0.4 is 14.6 Å². The van der Waals surface area contributed by atoms with Gasteiger partial charge >= 0.3 is 0 Å². The van der Waals surface area contributed by atoms with Gasteiger partial charge in [0.15, 0.2) is 0 Å². The third-order valence-electron chi connectivity index (χ3n) is 3.86. The molecule has 0 saturated carbocycles. The van der Waals surface area contributed by atoms with Crippen LogP contribution in [0.1, 0.15) is 11.3 Å². The van der Waals surface area contributed by atoms with Crippen molar-refractivity contribution in [3.05, 3.63) is 63.8 Å². The van der Waals surface area contributed by atoms with Gasteiger partial charge in [0.1, 0.15) is 17.0 Å². The number of ether oxygens (including phenoxy) is 2. The van der Waals surface area contributed by atoms with Crippen molar-refractivity contribution in [3.63, 3.8) is 0 Å². The third-order valence-corrected chi connectivity index (χ3v) is 3.86. The lowest BCUT2D eigenvalue weighted by atomic mass is 10.1. The molecular weight excluding hydrogens is 336 g/mol. The first kappa shape index (κ1) is 17.2. The Morgan fingerprint density at radius 2 is 1.88 bits per heavy atom. The average molecular weight is 351 g/mol. The number of hydrogen-bond acceptors (Lipinski definition) is 6. The number of rotatable bonds is 5. The minimum absolute atomic E-state index is 0.151. The highest BCUT2D eigenvalue weighted by Crippen LogP contribution is 2.33. The number of nitro benzene ring substituents is 1. The molecule has 0 fully saturated rings. The Morgan fingerprint density at radius 3 is 2.58 bits per heavy atom. The number of hydrogen-bond donors (Lipinski definition) is 0. The van der Waals surface area contributed by atoms with E-state index < -0.39 is 16.4 Å². The number of para-hydroxylation sites is 1. The molecule has 3 aromatic rings. The molecule has 0 aliphatic carbocycles. The van der Waals surface area contributed by atoms with Gasteiger partial charge in [-0.05, 0) is 35.6 Å². The molecule has 0 radical (unpaired) electrons. The van der Waals surface area contributed by atoms with Gasteiger partial charge in [0.2, 0.25) is 0 Å². The number of nitrogens with zero attached hydrogens (tertiary/aromatic N) is 2. The van der Waals surface area contributed by atoms with Crippen LogP contribution in [-0.4, -0.2) is 24.1 Å². The highest BCUT2D eigenvalue weighted by molar-refractivity contribution is 5.86. The van der Waals surface area contributed by atoms with Crippen molar-refractivity contribution in [2.75, 3.05) is 14.2 Å². The maximum absolute atomic E-state index is 12.2. The number of methoxy groups -OCH3 is 2. The molecule has 7 heteroatoms. The summed E-state index contributed by atoms with van der Waals surface area (Å²) >= 11 is 0. The predicted octanol–water partition coefficient (Wildman–Crippen LogP) is 3.40. The molecular formula is C19H15N2O5-. The normalized spacial score (nSPS) is 11.0. The Morgan fingerprint density at radius 1 is 1.08 bits per heavy atom. The van der Waals surface area contributed by atoms with Gasteiger partial charge < -0.3 is 14.6 Å². The molecule has 0 aliphatic heterocycles. The molecule has 26 heavy (non-hydrogen) atoms. The Hall–Kier alpha value is -3.61. The van der Waals surface area contributed by atoms with Crippen LogP contribution in [0.2, 0.25) is 0 Å².